The van der Waals surface area contributed by atoms with E-state index in [9.17, 15) is 22.4 Å². The highest BCUT2D eigenvalue weighted by atomic mass is 19.4. The summed E-state index contributed by atoms with van der Waals surface area (Å²) < 4.78 is 50.8. The smallest absolute Gasteiger partial charge is 0.445 e. The van der Waals surface area contributed by atoms with Crippen molar-refractivity contribution < 1.29 is 22.4 Å². The summed E-state index contributed by atoms with van der Waals surface area (Å²) in [4.78, 5) is 0. The van der Waals surface area contributed by atoms with Crippen LogP contribution in [0.3, 0.4) is 0 Å². The summed E-state index contributed by atoms with van der Waals surface area (Å²) in [6.45, 7) is -5.06. The summed E-state index contributed by atoms with van der Waals surface area (Å²) in [6.07, 6.45) is -1.28. The normalized spacial score (nSPS) is 13.3. The fourth-order valence-corrected chi connectivity index (χ4v) is 1.77. The molecule has 100 valence electrons. The van der Waals surface area contributed by atoms with E-state index in [0.717, 1.165) is 24.3 Å². The maximum Gasteiger partial charge on any atom is 0.509 e. The lowest BCUT2D eigenvalue weighted by Gasteiger charge is -2.17. The molecular formula is C13H10BF4O-. The van der Waals surface area contributed by atoms with Gasteiger partial charge in [-0.3, -0.25) is 0 Å². The molecule has 1 unspecified atom stereocenters. The van der Waals surface area contributed by atoms with Crippen molar-refractivity contribution in [2.75, 3.05) is 0 Å². The fraction of sp³-hybridized carbons (Fsp3) is 0.0769. The van der Waals surface area contributed by atoms with E-state index in [0.29, 0.717) is 0 Å². The van der Waals surface area contributed by atoms with E-state index in [1.54, 1.807) is 6.07 Å². The summed E-state index contributed by atoms with van der Waals surface area (Å²) >= 11 is 0. The highest BCUT2D eigenvalue weighted by Crippen LogP contribution is 2.24. The second-order valence-electron chi connectivity index (χ2n) is 4.17. The molecule has 0 saturated carbocycles. The monoisotopic (exact) mass is 269 g/mol. The van der Waals surface area contributed by atoms with Crippen LogP contribution in [0.25, 0.3) is 0 Å². The number of rotatable bonds is 3. The second kappa shape index (κ2) is 5.05. The van der Waals surface area contributed by atoms with Crippen LogP contribution in [0, 0.1) is 5.82 Å². The third-order valence-electron chi connectivity index (χ3n) is 2.83. The van der Waals surface area contributed by atoms with E-state index in [2.05, 4.69) is 0 Å². The predicted octanol–water partition coefficient (Wildman–Crippen LogP) is 2.96. The predicted molar refractivity (Wildman–Crippen MR) is 65.6 cm³/mol. The van der Waals surface area contributed by atoms with Gasteiger partial charge in [-0.15, -0.1) is 5.46 Å². The van der Waals surface area contributed by atoms with Gasteiger partial charge >= 0.3 is 6.98 Å². The van der Waals surface area contributed by atoms with Gasteiger partial charge in [0.05, 0.1) is 0 Å². The molecule has 1 nitrogen and oxygen atoms in total. The van der Waals surface area contributed by atoms with Gasteiger partial charge in [0.25, 0.3) is 0 Å². The van der Waals surface area contributed by atoms with Gasteiger partial charge in [0.2, 0.25) is 0 Å². The third kappa shape index (κ3) is 2.96. The van der Waals surface area contributed by atoms with Gasteiger partial charge in [-0.2, -0.15) is 0 Å². The highest BCUT2D eigenvalue weighted by molar-refractivity contribution is 6.73. The Bertz CT molecular complexity index is 566. The topological polar surface area (TPSA) is 20.2 Å². The van der Waals surface area contributed by atoms with Crippen molar-refractivity contribution in [3.05, 3.63) is 65.5 Å². The Kier molecular flexibility index (Phi) is 3.62. The number of aliphatic hydroxyl groups excluding tert-OH is 1. The first kappa shape index (κ1) is 13.6. The van der Waals surface area contributed by atoms with E-state index >= 15 is 0 Å². The van der Waals surface area contributed by atoms with Crippen molar-refractivity contribution in [3.63, 3.8) is 0 Å². The second-order valence-corrected chi connectivity index (χ2v) is 4.17. The summed E-state index contributed by atoms with van der Waals surface area (Å²) in [5, 5.41) is 9.95. The van der Waals surface area contributed by atoms with E-state index in [-0.39, 0.29) is 11.1 Å². The Morgan fingerprint density at radius 1 is 0.895 bits per heavy atom. The molecule has 2 aromatic rings. The molecule has 1 atom stereocenters. The zero-order valence-corrected chi connectivity index (χ0v) is 9.73. The van der Waals surface area contributed by atoms with Crippen LogP contribution >= 0.6 is 0 Å². The fourth-order valence-electron chi connectivity index (χ4n) is 1.77. The van der Waals surface area contributed by atoms with E-state index in [4.69, 9.17) is 0 Å². The van der Waals surface area contributed by atoms with Crippen LogP contribution in [-0.2, 0) is 0 Å². The first-order valence-corrected chi connectivity index (χ1v) is 5.62. The molecule has 0 aliphatic heterocycles. The SMILES string of the molecule is OC(c1ccc([B-](F)(F)F)cc1)c1ccccc1F. The molecule has 0 amide bonds. The van der Waals surface area contributed by atoms with Crippen molar-refractivity contribution in [2.45, 2.75) is 6.10 Å². The summed E-state index contributed by atoms with van der Waals surface area (Å²) in [7, 11) is 0. The van der Waals surface area contributed by atoms with Gasteiger partial charge in [0.15, 0.2) is 0 Å². The van der Waals surface area contributed by atoms with Crippen LogP contribution in [0.4, 0.5) is 17.3 Å². The number of aliphatic hydroxyl groups is 1. The van der Waals surface area contributed by atoms with Gasteiger partial charge in [-0.25, -0.2) is 4.39 Å². The van der Waals surface area contributed by atoms with E-state index in [1.807, 2.05) is 0 Å². The van der Waals surface area contributed by atoms with Crippen LogP contribution in [0.2, 0.25) is 0 Å². The Balaban J connectivity index is 2.31. The van der Waals surface area contributed by atoms with Crippen LogP contribution < -0.4 is 5.46 Å². The highest BCUT2D eigenvalue weighted by Gasteiger charge is 2.25. The quantitative estimate of drug-likeness (QED) is 0.670. The Morgan fingerprint density at radius 2 is 1.47 bits per heavy atom. The van der Waals surface area contributed by atoms with Gasteiger partial charge in [-0.1, -0.05) is 42.5 Å². The Labute approximate surface area is 107 Å². The maximum absolute atomic E-state index is 13.5. The number of halogens is 4. The standard InChI is InChI=1S/C13H10BF4O/c15-12-4-2-1-3-11(12)13(19)9-5-7-10(8-6-9)14(16,17)18/h1-8,13,19H/q-1. The molecule has 0 radical (unpaired) electrons. The van der Waals surface area contributed by atoms with Gasteiger partial charge in [0, 0.05) is 5.56 Å². The van der Waals surface area contributed by atoms with Crippen LogP contribution in [0.15, 0.2) is 48.5 Å². The molecule has 0 fully saturated rings. The van der Waals surface area contributed by atoms with Crippen molar-refractivity contribution in [3.8, 4) is 0 Å². The van der Waals surface area contributed by atoms with Crippen molar-refractivity contribution in [1.29, 1.82) is 0 Å². The van der Waals surface area contributed by atoms with Gasteiger partial charge in [0.1, 0.15) is 11.9 Å². The summed E-state index contributed by atoms with van der Waals surface area (Å²) in [5.41, 5.74) is -0.494. The molecule has 6 heteroatoms. The third-order valence-corrected chi connectivity index (χ3v) is 2.83. The number of benzene rings is 2. The minimum absolute atomic E-state index is 0.0350. The zero-order valence-electron chi connectivity index (χ0n) is 9.73. The molecule has 0 bridgehead atoms. The van der Waals surface area contributed by atoms with E-state index in [1.165, 1.54) is 18.2 Å². The number of hydrogen-bond donors (Lipinski definition) is 1. The maximum atomic E-state index is 13.5. The molecule has 2 rings (SSSR count). The zero-order chi connectivity index (χ0) is 14.0. The van der Waals surface area contributed by atoms with Gasteiger partial charge in [-0.05, 0) is 11.6 Å². The first-order valence-electron chi connectivity index (χ1n) is 5.62. The lowest BCUT2D eigenvalue weighted by molar-refractivity contribution is 0.215. The van der Waals surface area contributed by atoms with Crippen LogP contribution in [0.1, 0.15) is 17.2 Å². The Morgan fingerprint density at radius 3 is 2.00 bits per heavy atom. The molecule has 2 aromatic carbocycles. The van der Waals surface area contributed by atoms with Crippen molar-refractivity contribution >= 4 is 12.4 Å². The molecule has 0 saturated heterocycles. The van der Waals surface area contributed by atoms with Crippen molar-refractivity contribution in [1.82, 2.24) is 0 Å². The lowest BCUT2D eigenvalue weighted by Crippen LogP contribution is -2.33. The molecule has 1 N–H and O–H groups in total. The first-order chi connectivity index (χ1) is 8.89. The minimum Gasteiger partial charge on any atom is -0.445 e. The lowest BCUT2D eigenvalue weighted by atomic mass is 9.79. The molecule has 0 aromatic heterocycles. The largest absolute Gasteiger partial charge is 0.509 e. The average Bonchev–Trinajstić information content (AvgIpc) is 2.38. The van der Waals surface area contributed by atoms with Crippen molar-refractivity contribution in [2.24, 2.45) is 0 Å². The number of hydrogen-bond acceptors (Lipinski definition) is 1. The Hall–Kier alpha value is -1.82. The molecule has 0 aliphatic carbocycles. The van der Waals surface area contributed by atoms with E-state index < -0.39 is 24.4 Å². The average molecular weight is 269 g/mol. The summed E-state index contributed by atoms with van der Waals surface area (Å²) in [5.74, 6) is -0.598. The molecule has 0 aliphatic rings. The molecule has 0 heterocycles. The van der Waals surface area contributed by atoms with Crippen LogP contribution in [0.5, 0.6) is 0 Å². The molecule has 0 spiro atoms. The molecule has 19 heavy (non-hydrogen) atoms. The summed E-state index contributed by atoms with van der Waals surface area (Å²) in [6, 6.07) is 9.69. The molecular weight excluding hydrogens is 259 g/mol. The van der Waals surface area contributed by atoms with Crippen LogP contribution in [-0.4, -0.2) is 12.1 Å². The minimum atomic E-state index is -5.06. The van der Waals surface area contributed by atoms with Gasteiger partial charge < -0.3 is 18.1 Å².